The summed E-state index contributed by atoms with van der Waals surface area (Å²) in [7, 11) is 0. The van der Waals surface area contributed by atoms with Crippen LogP contribution in [0.25, 0.3) is 10.9 Å². The maximum atomic E-state index is 12.7. The molecule has 144 valence electrons. The molecule has 0 bridgehead atoms. The second-order valence-corrected chi connectivity index (χ2v) is 7.17. The normalized spacial score (nSPS) is 21.5. The monoisotopic (exact) mass is 367 g/mol. The van der Waals surface area contributed by atoms with Crippen LogP contribution in [0.2, 0.25) is 0 Å². The summed E-state index contributed by atoms with van der Waals surface area (Å²) in [5.74, 6) is 0. The van der Waals surface area contributed by atoms with Crippen molar-refractivity contribution in [1.82, 2.24) is 9.47 Å². The zero-order chi connectivity index (χ0) is 18.7. The zero-order valence-electron chi connectivity index (χ0n) is 15.5. The van der Waals surface area contributed by atoms with E-state index in [0.717, 1.165) is 37.0 Å². The van der Waals surface area contributed by atoms with E-state index in [1.165, 1.54) is 23.6 Å². The van der Waals surface area contributed by atoms with Gasteiger partial charge in [-0.25, -0.2) is 0 Å². The summed E-state index contributed by atoms with van der Waals surface area (Å²) in [5, 5.41) is 4.45. The van der Waals surface area contributed by atoms with Crippen LogP contribution >= 0.6 is 0 Å². The Bertz CT molecular complexity index is 711. The number of alkyl halides is 3. The van der Waals surface area contributed by atoms with Gasteiger partial charge in [-0.1, -0.05) is 19.9 Å². The number of hydrogen-bond donors (Lipinski definition) is 1. The molecule has 0 amide bonds. The number of anilines is 1. The first-order valence-corrected chi connectivity index (χ1v) is 9.56. The lowest BCUT2D eigenvalue weighted by Gasteiger charge is -2.36. The predicted octanol–water partition coefficient (Wildman–Crippen LogP) is 5.27. The van der Waals surface area contributed by atoms with E-state index < -0.39 is 12.7 Å². The first-order chi connectivity index (χ1) is 12.4. The molecule has 1 N–H and O–H groups in total. The molecule has 1 aliphatic rings. The predicted molar refractivity (Wildman–Crippen MR) is 101 cm³/mol. The Morgan fingerprint density at radius 2 is 1.77 bits per heavy atom. The van der Waals surface area contributed by atoms with Gasteiger partial charge in [-0.3, -0.25) is 0 Å². The van der Waals surface area contributed by atoms with Gasteiger partial charge < -0.3 is 14.8 Å². The van der Waals surface area contributed by atoms with E-state index in [4.69, 9.17) is 0 Å². The third-order valence-corrected chi connectivity index (χ3v) is 5.55. The Balaban J connectivity index is 1.68. The fraction of sp³-hybridized carbons (Fsp3) is 0.600. The largest absolute Gasteiger partial charge is 0.406 e. The molecule has 26 heavy (non-hydrogen) atoms. The van der Waals surface area contributed by atoms with Crippen molar-refractivity contribution in [3.63, 3.8) is 0 Å². The Morgan fingerprint density at radius 1 is 1.08 bits per heavy atom. The highest BCUT2D eigenvalue weighted by Gasteiger charge is 2.29. The first kappa shape index (κ1) is 19.1. The van der Waals surface area contributed by atoms with Gasteiger partial charge in [0, 0.05) is 29.4 Å². The van der Waals surface area contributed by atoms with E-state index in [9.17, 15) is 13.2 Å². The summed E-state index contributed by atoms with van der Waals surface area (Å²) in [6.45, 7) is 5.64. The number of benzene rings is 1. The lowest BCUT2D eigenvalue weighted by Crippen LogP contribution is -2.40. The minimum atomic E-state index is -4.21. The Kier molecular flexibility index (Phi) is 5.80. The van der Waals surface area contributed by atoms with Crippen LogP contribution in [0.3, 0.4) is 0 Å². The van der Waals surface area contributed by atoms with Crippen molar-refractivity contribution in [3.05, 3.63) is 30.5 Å². The van der Waals surface area contributed by atoms with Gasteiger partial charge in [-0.05, 0) is 57.0 Å². The van der Waals surface area contributed by atoms with Gasteiger partial charge in [-0.15, -0.1) is 0 Å². The van der Waals surface area contributed by atoms with Crippen molar-refractivity contribution in [3.8, 4) is 0 Å². The van der Waals surface area contributed by atoms with Crippen LogP contribution in [0.5, 0.6) is 0 Å². The summed E-state index contributed by atoms with van der Waals surface area (Å²) in [5.41, 5.74) is 1.57. The fourth-order valence-corrected chi connectivity index (χ4v) is 4.23. The molecule has 1 aromatic carbocycles. The Hall–Kier alpha value is -1.69. The van der Waals surface area contributed by atoms with E-state index in [1.54, 1.807) is 12.1 Å². The van der Waals surface area contributed by atoms with E-state index in [2.05, 4.69) is 24.1 Å². The molecular formula is C20H28F3N3. The highest BCUT2D eigenvalue weighted by molar-refractivity contribution is 5.92. The minimum Gasteiger partial charge on any atom is -0.382 e. The minimum absolute atomic E-state index is 0.387. The molecule has 0 radical (unpaired) electrons. The summed E-state index contributed by atoms with van der Waals surface area (Å²) < 4.78 is 39.5. The maximum absolute atomic E-state index is 12.7. The molecular weight excluding hydrogens is 339 g/mol. The van der Waals surface area contributed by atoms with Crippen molar-refractivity contribution in [2.45, 2.75) is 64.3 Å². The summed E-state index contributed by atoms with van der Waals surface area (Å²) in [6, 6.07) is 8.38. The van der Waals surface area contributed by atoms with Crippen molar-refractivity contribution in [2.75, 3.05) is 18.4 Å². The van der Waals surface area contributed by atoms with Crippen molar-refractivity contribution in [2.24, 2.45) is 0 Å². The van der Waals surface area contributed by atoms with Gasteiger partial charge in [0.25, 0.3) is 0 Å². The molecule has 3 nitrogen and oxygen atoms in total. The van der Waals surface area contributed by atoms with Crippen LogP contribution in [0.15, 0.2) is 30.5 Å². The molecule has 0 atom stereocenters. The smallest absolute Gasteiger partial charge is 0.382 e. The van der Waals surface area contributed by atoms with Gasteiger partial charge in [0.2, 0.25) is 0 Å². The van der Waals surface area contributed by atoms with E-state index in [0.29, 0.717) is 17.6 Å². The number of aromatic nitrogens is 1. The molecule has 0 spiro atoms. The maximum Gasteiger partial charge on any atom is 0.406 e. The van der Waals surface area contributed by atoms with Crippen LogP contribution in [-0.4, -0.2) is 40.8 Å². The van der Waals surface area contributed by atoms with Crippen LogP contribution < -0.4 is 5.32 Å². The molecule has 1 aliphatic carbocycles. The number of nitrogens with zero attached hydrogens (tertiary/aromatic N) is 2. The van der Waals surface area contributed by atoms with Crippen LogP contribution in [-0.2, 0) is 6.54 Å². The molecule has 0 aliphatic heterocycles. The molecule has 1 fully saturated rings. The Labute approximate surface area is 153 Å². The van der Waals surface area contributed by atoms with Gasteiger partial charge >= 0.3 is 6.18 Å². The van der Waals surface area contributed by atoms with Gasteiger partial charge in [0.15, 0.2) is 0 Å². The van der Waals surface area contributed by atoms with Gasteiger partial charge in [-0.2, -0.15) is 13.2 Å². The zero-order valence-corrected chi connectivity index (χ0v) is 15.5. The van der Waals surface area contributed by atoms with Crippen LogP contribution in [0.1, 0.15) is 39.5 Å². The highest BCUT2D eigenvalue weighted by Crippen LogP contribution is 2.31. The molecule has 3 rings (SSSR count). The molecule has 0 saturated heterocycles. The average molecular weight is 367 g/mol. The van der Waals surface area contributed by atoms with Crippen molar-refractivity contribution >= 4 is 16.6 Å². The van der Waals surface area contributed by atoms with Crippen LogP contribution in [0.4, 0.5) is 18.9 Å². The lowest BCUT2D eigenvalue weighted by molar-refractivity contribution is -0.139. The molecule has 6 heteroatoms. The number of nitrogens with one attached hydrogen (secondary N) is 1. The number of rotatable bonds is 6. The summed E-state index contributed by atoms with van der Waals surface area (Å²) in [6.07, 6.45) is 1.86. The number of halogens is 3. The van der Waals surface area contributed by atoms with Crippen molar-refractivity contribution in [1.29, 1.82) is 0 Å². The standard InChI is InChI=1S/C20H28F3N3/c1-3-25(4-2)16-10-8-15(9-11-16)24-18-6-5-7-19-17(18)12-13-26(19)14-20(21,22)23/h5-7,12-13,15-16,24H,3-4,8-11,14H2,1-2H3. The second kappa shape index (κ2) is 7.91. The van der Waals surface area contributed by atoms with Gasteiger partial charge in [0.05, 0.1) is 5.52 Å². The molecule has 1 aromatic heterocycles. The first-order valence-electron chi connectivity index (χ1n) is 9.56. The van der Waals surface area contributed by atoms with Crippen LogP contribution in [0, 0.1) is 0 Å². The van der Waals surface area contributed by atoms with E-state index in [-0.39, 0.29) is 0 Å². The summed E-state index contributed by atoms with van der Waals surface area (Å²) in [4.78, 5) is 2.52. The molecule has 0 unspecified atom stereocenters. The second-order valence-electron chi connectivity index (χ2n) is 7.17. The fourth-order valence-electron chi connectivity index (χ4n) is 4.23. The average Bonchev–Trinajstić information content (AvgIpc) is 3.00. The van der Waals surface area contributed by atoms with E-state index >= 15 is 0 Å². The molecule has 1 saturated carbocycles. The third-order valence-electron chi connectivity index (χ3n) is 5.55. The SMILES string of the molecule is CCN(CC)C1CCC(Nc2cccc3c2ccn3CC(F)(F)F)CC1. The quantitative estimate of drug-likeness (QED) is 0.751. The number of hydrogen-bond acceptors (Lipinski definition) is 2. The topological polar surface area (TPSA) is 20.2 Å². The molecule has 2 aromatic rings. The third kappa shape index (κ3) is 4.34. The lowest BCUT2D eigenvalue weighted by atomic mass is 9.90. The Morgan fingerprint density at radius 3 is 2.38 bits per heavy atom. The molecule has 1 heterocycles. The number of fused-ring (bicyclic) bond motifs is 1. The van der Waals surface area contributed by atoms with Crippen molar-refractivity contribution < 1.29 is 13.2 Å². The highest BCUT2D eigenvalue weighted by atomic mass is 19.4. The van der Waals surface area contributed by atoms with E-state index in [1.807, 2.05) is 12.1 Å². The summed E-state index contributed by atoms with van der Waals surface area (Å²) >= 11 is 0. The van der Waals surface area contributed by atoms with Gasteiger partial charge in [0.1, 0.15) is 6.54 Å².